The largest absolute Gasteiger partial charge is 0.483 e. The number of halogens is 2. The van der Waals surface area contributed by atoms with Crippen LogP contribution in [0.25, 0.3) is 0 Å². The van der Waals surface area contributed by atoms with Crippen molar-refractivity contribution >= 4 is 11.8 Å². The summed E-state index contributed by atoms with van der Waals surface area (Å²) in [6.07, 6.45) is 5.40. The van der Waals surface area contributed by atoms with E-state index in [0.29, 0.717) is 18.4 Å². The molecule has 1 N–H and O–H groups in total. The molecule has 3 heterocycles. The molecule has 2 aromatic carbocycles. The highest BCUT2D eigenvalue weighted by molar-refractivity contribution is 5.99. The number of nitrogens with one attached hydrogen (secondary N) is 1. The van der Waals surface area contributed by atoms with E-state index in [4.69, 9.17) is 4.74 Å². The summed E-state index contributed by atoms with van der Waals surface area (Å²) >= 11 is 0. The molecule has 0 bridgehead atoms. The summed E-state index contributed by atoms with van der Waals surface area (Å²) in [5.41, 5.74) is 0.133. The molecule has 0 radical (unpaired) electrons. The van der Waals surface area contributed by atoms with Crippen LogP contribution < -0.4 is 15.5 Å². The molecule has 2 amide bonds. The molecule has 1 saturated carbocycles. The number of rotatable bonds is 8. The number of benzene rings is 2. The van der Waals surface area contributed by atoms with Gasteiger partial charge in [-0.3, -0.25) is 19.3 Å². The van der Waals surface area contributed by atoms with E-state index in [1.807, 2.05) is 35.2 Å². The van der Waals surface area contributed by atoms with E-state index in [9.17, 15) is 23.2 Å². The van der Waals surface area contributed by atoms with Crippen molar-refractivity contribution < 1.29 is 23.1 Å². The Morgan fingerprint density at radius 3 is 2.57 bits per heavy atom. The topological polar surface area (TPSA) is 83.9 Å². The Morgan fingerprint density at radius 2 is 1.82 bits per heavy atom. The monoisotopic (exact) mass is 604 g/mol. The van der Waals surface area contributed by atoms with Crippen LogP contribution >= 0.6 is 0 Å². The molecule has 1 aliphatic carbocycles. The van der Waals surface area contributed by atoms with Gasteiger partial charge in [0.05, 0.1) is 6.54 Å². The number of ether oxygens (including phenoxy) is 1. The first-order valence-corrected chi connectivity index (χ1v) is 15.4. The zero-order chi connectivity index (χ0) is 31.0. The van der Waals surface area contributed by atoms with Crippen molar-refractivity contribution in [3.63, 3.8) is 0 Å². The molecule has 0 unspecified atom stereocenters. The first-order chi connectivity index (χ1) is 21.2. The lowest BCUT2D eigenvalue weighted by Gasteiger charge is -2.56. The number of carbonyl (C=O) groups is 2. The number of aromatic nitrogens is 1. The lowest BCUT2D eigenvalue weighted by atomic mass is 9.80. The molecular weight excluding hydrogens is 566 g/mol. The highest BCUT2D eigenvalue weighted by atomic mass is 19.1. The lowest BCUT2D eigenvalue weighted by molar-refractivity contribution is -0.0772. The molecule has 10 heteroatoms. The SMILES string of the molecule is CC(C)CN1C[C@@H]2CCCC[C@@H]2N2C(=O)c3c(OCc4ccccc4)c(=O)c(C(=O)NCc4ccc(F)cc4F)cn3C[C@@H]12. The molecule has 232 valence electrons. The zero-order valence-electron chi connectivity index (χ0n) is 25.1. The molecule has 1 aromatic heterocycles. The van der Waals surface area contributed by atoms with E-state index < -0.39 is 23.0 Å². The summed E-state index contributed by atoms with van der Waals surface area (Å²) in [7, 11) is 0. The Labute approximate surface area is 255 Å². The van der Waals surface area contributed by atoms with Crippen LogP contribution in [0.4, 0.5) is 8.78 Å². The van der Waals surface area contributed by atoms with Gasteiger partial charge in [-0.2, -0.15) is 0 Å². The second kappa shape index (κ2) is 12.5. The third-order valence-corrected chi connectivity index (χ3v) is 9.00. The van der Waals surface area contributed by atoms with Crippen LogP contribution in [-0.2, 0) is 19.7 Å². The van der Waals surface area contributed by atoms with Crippen molar-refractivity contribution in [1.29, 1.82) is 0 Å². The van der Waals surface area contributed by atoms with Crippen molar-refractivity contribution in [3.8, 4) is 5.75 Å². The number of nitrogens with zero attached hydrogens (tertiary/aromatic N) is 3. The maximum Gasteiger partial charge on any atom is 0.276 e. The summed E-state index contributed by atoms with van der Waals surface area (Å²) in [6, 6.07) is 12.5. The van der Waals surface area contributed by atoms with E-state index >= 15 is 0 Å². The molecule has 3 aliphatic rings. The minimum atomic E-state index is -0.798. The number of amides is 2. The van der Waals surface area contributed by atoms with Gasteiger partial charge in [0.25, 0.3) is 11.8 Å². The minimum absolute atomic E-state index is 0.0389. The van der Waals surface area contributed by atoms with Gasteiger partial charge in [-0.1, -0.05) is 63.1 Å². The van der Waals surface area contributed by atoms with Gasteiger partial charge in [0, 0.05) is 43.5 Å². The van der Waals surface area contributed by atoms with Crippen LogP contribution in [0.5, 0.6) is 5.75 Å². The molecule has 3 atom stereocenters. The van der Waals surface area contributed by atoms with Gasteiger partial charge in [0.15, 0.2) is 11.4 Å². The van der Waals surface area contributed by atoms with E-state index in [-0.39, 0.29) is 53.8 Å². The standard InChI is InChI=1S/C34H38F2N4O4/c1-21(2)16-38-17-24-10-6-7-11-28(24)40-29(38)19-39-18-26(33(42)37-15-23-12-13-25(35)14-27(23)36)31(41)32(30(39)34(40)43)44-20-22-8-4-3-5-9-22/h3-5,8-9,12-14,18,21,24,28-29H,6-7,10-11,15-17,19-20H2,1-2H3,(H,37,42)/t24-,28-,29-/m0/s1. The van der Waals surface area contributed by atoms with Crippen molar-refractivity contribution in [1.82, 2.24) is 19.7 Å². The highest BCUT2D eigenvalue weighted by Gasteiger charge is 2.49. The van der Waals surface area contributed by atoms with Gasteiger partial charge in [-0.15, -0.1) is 0 Å². The van der Waals surface area contributed by atoms with Crippen LogP contribution in [0.3, 0.4) is 0 Å². The lowest BCUT2D eigenvalue weighted by Crippen LogP contribution is -2.68. The molecule has 3 aromatic rings. The van der Waals surface area contributed by atoms with Crippen molar-refractivity contribution in [2.24, 2.45) is 11.8 Å². The number of pyridine rings is 1. The average molecular weight is 605 g/mol. The van der Waals surface area contributed by atoms with E-state index in [1.54, 1.807) is 4.57 Å². The van der Waals surface area contributed by atoms with Gasteiger partial charge in [-0.25, -0.2) is 8.78 Å². The molecule has 2 aliphatic heterocycles. The minimum Gasteiger partial charge on any atom is -0.483 e. The fourth-order valence-electron chi connectivity index (χ4n) is 7.00. The highest BCUT2D eigenvalue weighted by Crippen LogP contribution is 2.39. The molecule has 6 rings (SSSR count). The average Bonchev–Trinajstić information content (AvgIpc) is 3.00. The van der Waals surface area contributed by atoms with Crippen LogP contribution in [0.1, 0.15) is 71.5 Å². The van der Waals surface area contributed by atoms with Crippen molar-refractivity contribution in [3.05, 3.63) is 99.0 Å². The number of hydrogen-bond acceptors (Lipinski definition) is 5. The van der Waals surface area contributed by atoms with Gasteiger partial charge in [-0.05, 0) is 36.3 Å². The van der Waals surface area contributed by atoms with Crippen LogP contribution in [0, 0.1) is 23.5 Å². The normalized spacial score (nSPS) is 21.4. The molecule has 2 fully saturated rings. The predicted octanol–water partition coefficient (Wildman–Crippen LogP) is 4.95. The first-order valence-electron chi connectivity index (χ1n) is 15.4. The summed E-state index contributed by atoms with van der Waals surface area (Å²) < 4.78 is 35.4. The van der Waals surface area contributed by atoms with Crippen LogP contribution in [0.15, 0.2) is 59.5 Å². The first kappa shape index (κ1) is 30.0. The smallest absolute Gasteiger partial charge is 0.276 e. The molecule has 44 heavy (non-hydrogen) atoms. The van der Waals surface area contributed by atoms with Crippen LogP contribution in [-0.4, -0.2) is 51.5 Å². The third kappa shape index (κ3) is 5.87. The number of hydrogen-bond donors (Lipinski definition) is 1. The van der Waals surface area contributed by atoms with E-state index in [0.717, 1.165) is 56.5 Å². The predicted molar refractivity (Wildman–Crippen MR) is 161 cm³/mol. The van der Waals surface area contributed by atoms with Gasteiger partial charge in [0.2, 0.25) is 5.43 Å². The van der Waals surface area contributed by atoms with Gasteiger partial charge in [0.1, 0.15) is 30.0 Å². The quantitative estimate of drug-likeness (QED) is 0.394. The fraction of sp³-hybridized carbons (Fsp3) is 0.441. The summed E-state index contributed by atoms with van der Waals surface area (Å²) in [5.74, 6) is -1.92. The van der Waals surface area contributed by atoms with Gasteiger partial charge < -0.3 is 19.5 Å². The Balaban J connectivity index is 1.39. The van der Waals surface area contributed by atoms with Gasteiger partial charge >= 0.3 is 0 Å². The summed E-state index contributed by atoms with van der Waals surface area (Å²) in [4.78, 5) is 46.2. The van der Waals surface area contributed by atoms with Crippen molar-refractivity contribution in [2.45, 2.75) is 71.4 Å². The summed E-state index contributed by atoms with van der Waals surface area (Å²) in [5, 5.41) is 2.59. The third-order valence-electron chi connectivity index (χ3n) is 9.00. The maximum atomic E-state index is 14.5. The van der Waals surface area contributed by atoms with Crippen molar-refractivity contribution in [2.75, 3.05) is 13.1 Å². The Bertz CT molecular complexity index is 1610. The van der Waals surface area contributed by atoms with E-state index in [1.165, 1.54) is 12.3 Å². The Kier molecular flexibility index (Phi) is 8.53. The fourth-order valence-corrected chi connectivity index (χ4v) is 7.00. The molecular formula is C34H38F2N4O4. The molecule has 1 saturated heterocycles. The second-order valence-electron chi connectivity index (χ2n) is 12.5. The Hall–Kier alpha value is -4.05. The Morgan fingerprint density at radius 1 is 1.05 bits per heavy atom. The van der Waals surface area contributed by atoms with E-state index in [2.05, 4.69) is 24.1 Å². The molecule has 0 spiro atoms. The summed E-state index contributed by atoms with van der Waals surface area (Å²) in [6.45, 7) is 6.22. The zero-order valence-corrected chi connectivity index (χ0v) is 25.1. The number of fused-ring (bicyclic) bond motifs is 4. The number of carbonyl (C=O) groups excluding carboxylic acids is 2. The van der Waals surface area contributed by atoms with Crippen LogP contribution in [0.2, 0.25) is 0 Å². The molecule has 8 nitrogen and oxygen atoms in total. The second-order valence-corrected chi connectivity index (χ2v) is 12.5. The maximum absolute atomic E-state index is 14.5.